The van der Waals surface area contributed by atoms with Crippen molar-refractivity contribution >= 4 is 33.6 Å². The summed E-state index contributed by atoms with van der Waals surface area (Å²) >= 11 is 3.35. The van der Waals surface area contributed by atoms with Crippen molar-refractivity contribution in [2.45, 2.75) is 13.0 Å². The molecule has 24 heavy (non-hydrogen) atoms. The summed E-state index contributed by atoms with van der Waals surface area (Å²) < 4.78 is 5.71. The standard InChI is InChI=1S/C18H17BrN2O3/c1-24-18(23)21-9-8-12-4-7-16(10-14(12)11-21)20-17(22)13-2-5-15(19)6-3-13/h2-7,10H,8-9,11H2,1H3,(H,20,22). The highest BCUT2D eigenvalue weighted by Gasteiger charge is 2.21. The second-order valence-corrected chi connectivity index (χ2v) is 6.50. The van der Waals surface area contributed by atoms with Gasteiger partial charge in [0, 0.05) is 28.8 Å². The van der Waals surface area contributed by atoms with Crippen molar-refractivity contribution < 1.29 is 14.3 Å². The average molecular weight is 389 g/mol. The van der Waals surface area contributed by atoms with E-state index >= 15 is 0 Å². The number of nitrogens with zero attached hydrogens (tertiary/aromatic N) is 1. The van der Waals surface area contributed by atoms with Crippen LogP contribution in [0.1, 0.15) is 21.5 Å². The number of fused-ring (bicyclic) bond motifs is 1. The number of carbonyl (C=O) groups is 2. The first-order valence-corrected chi connectivity index (χ1v) is 8.38. The molecular formula is C18H17BrN2O3. The van der Waals surface area contributed by atoms with Gasteiger partial charge < -0.3 is 15.0 Å². The Morgan fingerprint density at radius 2 is 1.88 bits per heavy atom. The van der Waals surface area contributed by atoms with Crippen molar-refractivity contribution in [3.8, 4) is 0 Å². The van der Waals surface area contributed by atoms with Crippen LogP contribution in [0.15, 0.2) is 46.9 Å². The van der Waals surface area contributed by atoms with Crippen molar-refractivity contribution in [3.05, 3.63) is 63.6 Å². The predicted molar refractivity (Wildman–Crippen MR) is 95.1 cm³/mol. The van der Waals surface area contributed by atoms with Crippen molar-refractivity contribution in [2.24, 2.45) is 0 Å². The Hall–Kier alpha value is -2.34. The summed E-state index contributed by atoms with van der Waals surface area (Å²) in [6.07, 6.45) is 0.454. The number of rotatable bonds is 2. The van der Waals surface area contributed by atoms with E-state index in [-0.39, 0.29) is 12.0 Å². The summed E-state index contributed by atoms with van der Waals surface area (Å²) in [4.78, 5) is 25.6. The molecule has 2 aromatic carbocycles. The van der Waals surface area contributed by atoms with Gasteiger partial charge in [-0.25, -0.2) is 4.79 Å². The zero-order chi connectivity index (χ0) is 17.1. The molecule has 0 bridgehead atoms. The fraction of sp³-hybridized carbons (Fsp3) is 0.222. The van der Waals surface area contributed by atoms with Gasteiger partial charge in [-0.3, -0.25) is 4.79 Å². The monoisotopic (exact) mass is 388 g/mol. The lowest BCUT2D eigenvalue weighted by Crippen LogP contribution is -2.35. The lowest BCUT2D eigenvalue weighted by atomic mass is 9.99. The highest BCUT2D eigenvalue weighted by atomic mass is 79.9. The van der Waals surface area contributed by atoms with Crippen LogP contribution in [0, 0.1) is 0 Å². The van der Waals surface area contributed by atoms with Gasteiger partial charge in [-0.15, -0.1) is 0 Å². The molecule has 0 aliphatic carbocycles. The molecule has 2 amide bonds. The van der Waals surface area contributed by atoms with Crippen LogP contribution in [0.2, 0.25) is 0 Å². The van der Waals surface area contributed by atoms with E-state index in [1.807, 2.05) is 30.3 Å². The van der Waals surface area contributed by atoms with E-state index in [0.717, 1.165) is 16.5 Å². The van der Waals surface area contributed by atoms with Crippen LogP contribution >= 0.6 is 15.9 Å². The molecule has 124 valence electrons. The normalized spacial score (nSPS) is 13.2. The molecule has 1 heterocycles. The molecular weight excluding hydrogens is 372 g/mol. The van der Waals surface area contributed by atoms with E-state index in [9.17, 15) is 9.59 Å². The first-order valence-electron chi connectivity index (χ1n) is 7.58. The van der Waals surface area contributed by atoms with Crippen molar-refractivity contribution in [3.63, 3.8) is 0 Å². The van der Waals surface area contributed by atoms with E-state index in [1.165, 1.54) is 12.7 Å². The van der Waals surface area contributed by atoms with Crippen LogP contribution in [-0.4, -0.2) is 30.6 Å². The molecule has 6 heteroatoms. The molecule has 0 spiro atoms. The third-order valence-corrected chi connectivity index (χ3v) is 4.54. The van der Waals surface area contributed by atoms with Crippen LogP contribution < -0.4 is 5.32 Å². The largest absolute Gasteiger partial charge is 0.453 e. The number of benzene rings is 2. The number of amides is 2. The third kappa shape index (κ3) is 3.59. The Bertz CT molecular complexity index is 774. The fourth-order valence-electron chi connectivity index (χ4n) is 2.72. The molecule has 0 aromatic heterocycles. The highest BCUT2D eigenvalue weighted by Crippen LogP contribution is 2.23. The molecule has 0 fully saturated rings. The second kappa shape index (κ2) is 7.05. The molecule has 0 radical (unpaired) electrons. The molecule has 1 N–H and O–H groups in total. The van der Waals surface area contributed by atoms with E-state index in [1.54, 1.807) is 17.0 Å². The molecule has 0 saturated carbocycles. The van der Waals surface area contributed by atoms with Gasteiger partial charge in [0.15, 0.2) is 0 Å². The number of carbonyl (C=O) groups excluding carboxylic acids is 2. The van der Waals surface area contributed by atoms with Gasteiger partial charge in [0.1, 0.15) is 0 Å². The topological polar surface area (TPSA) is 58.6 Å². The van der Waals surface area contributed by atoms with Crippen LogP contribution in [-0.2, 0) is 17.7 Å². The Labute approximate surface area is 148 Å². The Balaban J connectivity index is 1.75. The first-order chi connectivity index (χ1) is 11.6. The van der Waals surface area contributed by atoms with Gasteiger partial charge in [0.25, 0.3) is 5.91 Å². The van der Waals surface area contributed by atoms with E-state index in [4.69, 9.17) is 4.74 Å². The zero-order valence-electron chi connectivity index (χ0n) is 13.2. The molecule has 1 aliphatic rings. The molecule has 2 aromatic rings. The summed E-state index contributed by atoms with van der Waals surface area (Å²) in [6, 6.07) is 13.0. The van der Waals surface area contributed by atoms with E-state index < -0.39 is 0 Å². The van der Waals surface area contributed by atoms with Crippen LogP contribution in [0.3, 0.4) is 0 Å². The van der Waals surface area contributed by atoms with Crippen molar-refractivity contribution in [1.29, 1.82) is 0 Å². The number of nitrogens with one attached hydrogen (secondary N) is 1. The number of methoxy groups -OCH3 is 1. The Kier molecular flexibility index (Phi) is 4.85. The SMILES string of the molecule is COC(=O)N1CCc2ccc(NC(=O)c3ccc(Br)cc3)cc2C1. The molecule has 0 saturated heterocycles. The number of hydrogen-bond donors (Lipinski definition) is 1. The number of halogens is 1. The smallest absolute Gasteiger partial charge is 0.409 e. The third-order valence-electron chi connectivity index (χ3n) is 4.02. The lowest BCUT2D eigenvalue weighted by molar-refractivity contribution is 0.102. The molecule has 3 rings (SSSR count). The van der Waals surface area contributed by atoms with Gasteiger partial charge in [-0.1, -0.05) is 22.0 Å². The minimum absolute atomic E-state index is 0.164. The fourth-order valence-corrected chi connectivity index (χ4v) is 2.99. The molecule has 1 aliphatic heterocycles. The maximum atomic E-state index is 12.3. The van der Waals surface area contributed by atoms with E-state index in [2.05, 4.69) is 21.2 Å². The molecule has 0 atom stereocenters. The van der Waals surface area contributed by atoms with Gasteiger partial charge >= 0.3 is 6.09 Å². The highest BCUT2D eigenvalue weighted by molar-refractivity contribution is 9.10. The minimum atomic E-state index is -0.329. The van der Waals surface area contributed by atoms with Crippen molar-refractivity contribution in [1.82, 2.24) is 4.90 Å². The summed E-state index contributed by atoms with van der Waals surface area (Å²) in [6.45, 7) is 1.13. The number of ether oxygens (including phenoxy) is 1. The zero-order valence-corrected chi connectivity index (χ0v) is 14.8. The maximum absolute atomic E-state index is 12.3. The summed E-state index contributed by atoms with van der Waals surface area (Å²) in [5, 5.41) is 2.90. The first kappa shape index (κ1) is 16.5. The quantitative estimate of drug-likeness (QED) is 0.850. The minimum Gasteiger partial charge on any atom is -0.453 e. The second-order valence-electron chi connectivity index (χ2n) is 5.59. The summed E-state index contributed by atoms with van der Waals surface area (Å²) in [7, 11) is 1.38. The van der Waals surface area contributed by atoms with Crippen LogP contribution in [0.25, 0.3) is 0 Å². The van der Waals surface area contributed by atoms with Gasteiger partial charge in [-0.2, -0.15) is 0 Å². The maximum Gasteiger partial charge on any atom is 0.409 e. The summed E-state index contributed by atoms with van der Waals surface area (Å²) in [5.41, 5.74) is 3.53. The van der Waals surface area contributed by atoms with Gasteiger partial charge in [-0.05, 0) is 53.9 Å². The molecule has 5 nitrogen and oxygen atoms in total. The van der Waals surface area contributed by atoms with E-state index in [0.29, 0.717) is 24.3 Å². The average Bonchev–Trinajstić information content (AvgIpc) is 2.61. The summed E-state index contributed by atoms with van der Waals surface area (Å²) in [5.74, 6) is -0.164. The number of hydrogen-bond acceptors (Lipinski definition) is 3. The number of anilines is 1. The van der Waals surface area contributed by atoms with Crippen molar-refractivity contribution in [2.75, 3.05) is 19.0 Å². The Morgan fingerprint density at radius 3 is 2.58 bits per heavy atom. The lowest BCUT2D eigenvalue weighted by Gasteiger charge is -2.28. The van der Waals surface area contributed by atoms with Crippen LogP contribution in [0.5, 0.6) is 0 Å². The van der Waals surface area contributed by atoms with Crippen LogP contribution in [0.4, 0.5) is 10.5 Å². The van der Waals surface area contributed by atoms with Gasteiger partial charge in [0.05, 0.1) is 7.11 Å². The molecule has 0 unspecified atom stereocenters. The predicted octanol–water partition coefficient (Wildman–Crippen LogP) is 3.83. The Morgan fingerprint density at radius 1 is 1.12 bits per heavy atom. The van der Waals surface area contributed by atoms with Gasteiger partial charge in [0.2, 0.25) is 0 Å².